The zero-order valence-corrected chi connectivity index (χ0v) is 13.8. The van der Waals surface area contributed by atoms with Gasteiger partial charge >= 0.3 is 0 Å². The van der Waals surface area contributed by atoms with E-state index in [9.17, 15) is 0 Å². The summed E-state index contributed by atoms with van der Waals surface area (Å²) in [6.07, 6.45) is 6.08. The second kappa shape index (κ2) is 6.62. The zero-order chi connectivity index (χ0) is 14.7. The van der Waals surface area contributed by atoms with Crippen LogP contribution < -0.4 is 10.2 Å². The molecule has 0 saturated heterocycles. The Bertz CT molecular complexity index is 581. The first-order valence-corrected chi connectivity index (χ1v) is 8.21. The third-order valence-corrected chi connectivity index (χ3v) is 4.07. The summed E-state index contributed by atoms with van der Waals surface area (Å²) in [5.74, 6) is 2.05. The summed E-state index contributed by atoms with van der Waals surface area (Å²) >= 11 is 3.52. The highest BCUT2D eigenvalue weighted by Gasteiger charge is 2.31. The number of furan rings is 1. The zero-order valence-electron chi connectivity index (χ0n) is 12.2. The molecule has 1 aliphatic rings. The van der Waals surface area contributed by atoms with Crippen molar-refractivity contribution in [2.24, 2.45) is 0 Å². The summed E-state index contributed by atoms with van der Waals surface area (Å²) in [6.45, 7) is 4.69. The average Bonchev–Trinajstić information content (AvgIpc) is 3.20. The predicted molar refractivity (Wildman–Crippen MR) is 87.2 cm³/mol. The molecule has 1 aliphatic carbocycles. The lowest BCUT2D eigenvalue weighted by Crippen LogP contribution is -2.28. The van der Waals surface area contributed by atoms with Gasteiger partial charge < -0.3 is 14.6 Å². The first-order chi connectivity index (χ1) is 10.3. The lowest BCUT2D eigenvalue weighted by Gasteiger charge is -2.25. The Morgan fingerprint density at radius 3 is 3.00 bits per heavy atom. The maximum atomic E-state index is 5.51. The van der Waals surface area contributed by atoms with Crippen LogP contribution in [0.15, 0.2) is 39.5 Å². The average molecular weight is 350 g/mol. The second-order valence-electron chi connectivity index (χ2n) is 5.36. The Balaban J connectivity index is 1.87. The molecule has 0 spiro atoms. The molecular weight excluding hydrogens is 330 g/mol. The van der Waals surface area contributed by atoms with Gasteiger partial charge in [0.15, 0.2) is 0 Å². The second-order valence-corrected chi connectivity index (χ2v) is 6.27. The first kappa shape index (κ1) is 14.6. The molecule has 1 saturated carbocycles. The van der Waals surface area contributed by atoms with Gasteiger partial charge in [0.2, 0.25) is 0 Å². The van der Waals surface area contributed by atoms with Gasteiger partial charge in [0.1, 0.15) is 11.6 Å². The van der Waals surface area contributed by atoms with Crippen molar-refractivity contribution in [2.45, 2.75) is 38.9 Å². The van der Waals surface area contributed by atoms with Crippen LogP contribution >= 0.6 is 15.9 Å². The molecule has 2 aromatic heterocycles. The molecule has 3 rings (SSSR count). The highest BCUT2D eigenvalue weighted by Crippen LogP contribution is 2.34. The Kier molecular flexibility index (Phi) is 4.60. The van der Waals surface area contributed by atoms with Gasteiger partial charge in [-0.3, -0.25) is 0 Å². The van der Waals surface area contributed by atoms with Gasteiger partial charge in [0, 0.05) is 28.8 Å². The molecule has 0 atom stereocenters. The Hall–Kier alpha value is -1.33. The van der Waals surface area contributed by atoms with Crippen LogP contribution in [-0.4, -0.2) is 17.6 Å². The predicted octanol–water partition coefficient (Wildman–Crippen LogP) is 3.72. The fourth-order valence-corrected chi connectivity index (χ4v) is 2.83. The van der Waals surface area contributed by atoms with Crippen molar-refractivity contribution >= 4 is 21.7 Å². The summed E-state index contributed by atoms with van der Waals surface area (Å²) < 4.78 is 6.54. The van der Waals surface area contributed by atoms with Crippen LogP contribution in [-0.2, 0) is 13.1 Å². The van der Waals surface area contributed by atoms with E-state index in [1.165, 1.54) is 18.4 Å². The normalized spacial score (nSPS) is 14.4. The molecule has 2 aromatic rings. The van der Waals surface area contributed by atoms with E-state index in [-0.39, 0.29) is 0 Å². The van der Waals surface area contributed by atoms with E-state index in [0.717, 1.165) is 35.7 Å². The molecule has 0 amide bonds. The number of rotatable bonds is 7. The van der Waals surface area contributed by atoms with Crippen LogP contribution in [0, 0.1) is 0 Å². The molecule has 0 aromatic carbocycles. The van der Waals surface area contributed by atoms with Gasteiger partial charge in [-0.15, -0.1) is 0 Å². The third kappa shape index (κ3) is 3.66. The van der Waals surface area contributed by atoms with Crippen molar-refractivity contribution in [3.63, 3.8) is 0 Å². The SMILES string of the molecule is CCNCc1cc(Br)cnc1N(Cc1ccco1)C1CC1. The van der Waals surface area contributed by atoms with Gasteiger partial charge in [-0.1, -0.05) is 6.92 Å². The lowest BCUT2D eigenvalue weighted by molar-refractivity contribution is 0.499. The van der Waals surface area contributed by atoms with Gasteiger partial charge in [0.05, 0.1) is 12.8 Å². The summed E-state index contributed by atoms with van der Waals surface area (Å²) in [5.41, 5.74) is 1.23. The number of hydrogen-bond donors (Lipinski definition) is 1. The van der Waals surface area contributed by atoms with E-state index >= 15 is 0 Å². The highest BCUT2D eigenvalue weighted by atomic mass is 79.9. The summed E-state index contributed by atoms with van der Waals surface area (Å²) in [6, 6.07) is 6.71. The molecule has 4 nitrogen and oxygen atoms in total. The first-order valence-electron chi connectivity index (χ1n) is 7.42. The third-order valence-electron chi connectivity index (χ3n) is 3.64. The molecule has 5 heteroatoms. The minimum atomic E-state index is 0.587. The monoisotopic (exact) mass is 349 g/mol. The van der Waals surface area contributed by atoms with Crippen LogP contribution in [0.3, 0.4) is 0 Å². The van der Waals surface area contributed by atoms with Crippen LogP contribution in [0.2, 0.25) is 0 Å². The standard InChI is InChI=1S/C16H20BrN3O/c1-2-18-9-12-8-13(17)10-19-16(12)20(14-5-6-14)11-15-4-3-7-21-15/h3-4,7-8,10,14,18H,2,5-6,9,11H2,1H3. The van der Waals surface area contributed by atoms with Crippen molar-refractivity contribution in [3.8, 4) is 0 Å². The summed E-state index contributed by atoms with van der Waals surface area (Å²) in [7, 11) is 0. The smallest absolute Gasteiger partial charge is 0.133 e. The van der Waals surface area contributed by atoms with Crippen LogP contribution in [0.1, 0.15) is 31.1 Å². The van der Waals surface area contributed by atoms with E-state index in [1.54, 1.807) is 6.26 Å². The van der Waals surface area contributed by atoms with E-state index in [2.05, 4.69) is 44.1 Å². The molecule has 21 heavy (non-hydrogen) atoms. The molecule has 0 bridgehead atoms. The van der Waals surface area contributed by atoms with E-state index in [0.29, 0.717) is 6.04 Å². The van der Waals surface area contributed by atoms with Crippen molar-refractivity contribution in [1.82, 2.24) is 10.3 Å². The largest absolute Gasteiger partial charge is 0.467 e. The van der Waals surface area contributed by atoms with Crippen LogP contribution in [0.4, 0.5) is 5.82 Å². The number of pyridine rings is 1. The topological polar surface area (TPSA) is 41.3 Å². The van der Waals surface area contributed by atoms with Crippen LogP contribution in [0.25, 0.3) is 0 Å². The molecule has 2 heterocycles. The molecule has 0 aliphatic heterocycles. The molecule has 0 unspecified atom stereocenters. The maximum Gasteiger partial charge on any atom is 0.133 e. The fourth-order valence-electron chi connectivity index (χ4n) is 2.46. The molecule has 1 N–H and O–H groups in total. The number of anilines is 1. The minimum absolute atomic E-state index is 0.587. The summed E-state index contributed by atoms with van der Waals surface area (Å²) in [5, 5.41) is 3.39. The maximum absolute atomic E-state index is 5.51. The van der Waals surface area contributed by atoms with E-state index in [1.807, 2.05) is 18.3 Å². The molecule has 0 radical (unpaired) electrons. The van der Waals surface area contributed by atoms with Crippen molar-refractivity contribution in [3.05, 3.63) is 46.5 Å². The highest BCUT2D eigenvalue weighted by molar-refractivity contribution is 9.10. The number of nitrogens with zero attached hydrogens (tertiary/aromatic N) is 2. The number of nitrogens with one attached hydrogen (secondary N) is 1. The van der Waals surface area contributed by atoms with E-state index < -0.39 is 0 Å². The number of halogens is 1. The molecule has 112 valence electrons. The van der Waals surface area contributed by atoms with Gasteiger partial charge in [-0.05, 0) is 53.5 Å². The van der Waals surface area contributed by atoms with Gasteiger partial charge in [-0.25, -0.2) is 4.98 Å². The Morgan fingerprint density at radius 1 is 1.48 bits per heavy atom. The number of hydrogen-bond acceptors (Lipinski definition) is 4. The Labute approximate surface area is 133 Å². The fraction of sp³-hybridized carbons (Fsp3) is 0.438. The molecular formula is C16H20BrN3O. The van der Waals surface area contributed by atoms with Gasteiger partial charge in [-0.2, -0.15) is 0 Å². The Morgan fingerprint density at radius 2 is 2.33 bits per heavy atom. The van der Waals surface area contributed by atoms with Crippen molar-refractivity contribution in [1.29, 1.82) is 0 Å². The van der Waals surface area contributed by atoms with Crippen LogP contribution in [0.5, 0.6) is 0 Å². The van der Waals surface area contributed by atoms with Crippen molar-refractivity contribution < 1.29 is 4.42 Å². The van der Waals surface area contributed by atoms with Gasteiger partial charge in [0.25, 0.3) is 0 Å². The lowest BCUT2D eigenvalue weighted by atomic mass is 10.2. The summed E-state index contributed by atoms with van der Waals surface area (Å²) in [4.78, 5) is 7.04. The van der Waals surface area contributed by atoms with Crippen molar-refractivity contribution in [2.75, 3.05) is 11.4 Å². The quantitative estimate of drug-likeness (QED) is 0.827. The minimum Gasteiger partial charge on any atom is -0.467 e. The number of aromatic nitrogens is 1. The van der Waals surface area contributed by atoms with E-state index in [4.69, 9.17) is 4.42 Å². The molecule has 1 fully saturated rings.